The van der Waals surface area contributed by atoms with Crippen LogP contribution in [0.2, 0.25) is 5.02 Å². The number of halogens is 2. The molecule has 0 aliphatic rings. The van der Waals surface area contributed by atoms with E-state index in [1.165, 1.54) is 0 Å². The summed E-state index contributed by atoms with van der Waals surface area (Å²) in [7, 11) is -4.06. The van der Waals surface area contributed by atoms with Gasteiger partial charge in [-0.25, -0.2) is 12.8 Å². The Bertz CT molecular complexity index is 536. The van der Waals surface area contributed by atoms with Gasteiger partial charge in [-0.15, -0.1) is 0 Å². The van der Waals surface area contributed by atoms with Crippen LogP contribution in [-0.4, -0.2) is 37.5 Å². The van der Waals surface area contributed by atoms with Crippen LogP contribution in [0.25, 0.3) is 0 Å². The van der Waals surface area contributed by atoms with Gasteiger partial charge < -0.3 is 10.8 Å². The Morgan fingerprint density at radius 3 is 2.61 bits per heavy atom. The number of nitrogen functional groups attached to an aromatic ring is 1. The van der Waals surface area contributed by atoms with Crippen LogP contribution < -0.4 is 5.73 Å². The number of nitrogens with two attached hydrogens (primary N) is 1. The number of anilines is 1. The van der Waals surface area contributed by atoms with E-state index in [0.717, 1.165) is 16.4 Å². The fourth-order valence-corrected chi connectivity index (χ4v) is 3.32. The average Bonchev–Trinajstić information content (AvgIpc) is 2.30. The van der Waals surface area contributed by atoms with E-state index in [4.69, 9.17) is 22.4 Å². The van der Waals surface area contributed by atoms with Crippen molar-refractivity contribution in [1.82, 2.24) is 4.31 Å². The van der Waals surface area contributed by atoms with E-state index >= 15 is 0 Å². The Morgan fingerprint density at radius 1 is 1.50 bits per heavy atom. The number of hydrogen-bond donors (Lipinski definition) is 2. The third kappa shape index (κ3) is 2.92. The molecule has 0 unspecified atom stereocenters. The van der Waals surface area contributed by atoms with Gasteiger partial charge in [0.2, 0.25) is 10.0 Å². The van der Waals surface area contributed by atoms with Crippen molar-refractivity contribution in [2.24, 2.45) is 0 Å². The smallest absolute Gasteiger partial charge is 0.246 e. The molecule has 1 aromatic carbocycles. The standard InChI is InChI=1S/C10H14ClFN2O3S/c1-2-14(3-4-15)18(16,17)9-6-7(13)5-8(11)10(9)12/h5-6,15H,2-4,13H2,1H3. The van der Waals surface area contributed by atoms with Crippen molar-refractivity contribution in [3.63, 3.8) is 0 Å². The fourth-order valence-electron chi connectivity index (χ4n) is 1.47. The van der Waals surface area contributed by atoms with Crippen molar-refractivity contribution < 1.29 is 17.9 Å². The van der Waals surface area contributed by atoms with Gasteiger partial charge in [-0.05, 0) is 12.1 Å². The highest BCUT2D eigenvalue weighted by atomic mass is 35.5. The zero-order valence-electron chi connectivity index (χ0n) is 9.73. The maximum Gasteiger partial charge on any atom is 0.246 e. The summed E-state index contributed by atoms with van der Waals surface area (Å²) in [6, 6.07) is 2.15. The number of rotatable bonds is 5. The molecule has 0 aliphatic heterocycles. The first-order valence-electron chi connectivity index (χ1n) is 5.20. The Morgan fingerprint density at radius 2 is 2.11 bits per heavy atom. The summed E-state index contributed by atoms with van der Waals surface area (Å²) in [6.07, 6.45) is 0. The normalized spacial score (nSPS) is 12.1. The lowest BCUT2D eigenvalue weighted by Gasteiger charge is -2.20. The number of nitrogens with zero attached hydrogens (tertiary/aromatic N) is 1. The van der Waals surface area contributed by atoms with Gasteiger partial charge in [-0.2, -0.15) is 4.31 Å². The highest BCUT2D eigenvalue weighted by Crippen LogP contribution is 2.27. The second-order valence-corrected chi connectivity index (χ2v) is 5.85. The Labute approximate surface area is 110 Å². The van der Waals surface area contributed by atoms with Crippen LogP contribution in [0.5, 0.6) is 0 Å². The van der Waals surface area contributed by atoms with Crippen LogP contribution in [0, 0.1) is 5.82 Å². The molecule has 0 fully saturated rings. The quantitative estimate of drug-likeness (QED) is 0.796. The largest absolute Gasteiger partial charge is 0.399 e. The minimum Gasteiger partial charge on any atom is -0.399 e. The van der Waals surface area contributed by atoms with Gasteiger partial charge in [0.05, 0.1) is 11.6 Å². The van der Waals surface area contributed by atoms with Crippen LogP contribution in [0.3, 0.4) is 0 Å². The second-order valence-electron chi connectivity index (χ2n) is 3.54. The summed E-state index contributed by atoms with van der Waals surface area (Å²) in [6.45, 7) is 1.21. The summed E-state index contributed by atoms with van der Waals surface area (Å²) >= 11 is 5.56. The van der Waals surface area contributed by atoms with Crippen molar-refractivity contribution in [2.75, 3.05) is 25.4 Å². The molecule has 1 aromatic rings. The van der Waals surface area contributed by atoms with Gasteiger partial charge in [0, 0.05) is 18.8 Å². The SMILES string of the molecule is CCN(CCO)S(=O)(=O)c1cc(N)cc(Cl)c1F. The number of likely N-dealkylation sites (N-methyl/N-ethyl adjacent to an activating group) is 1. The molecule has 0 amide bonds. The molecule has 8 heteroatoms. The maximum absolute atomic E-state index is 13.8. The molecule has 18 heavy (non-hydrogen) atoms. The van der Waals surface area contributed by atoms with Crippen LogP contribution >= 0.6 is 11.6 Å². The van der Waals surface area contributed by atoms with E-state index in [2.05, 4.69) is 0 Å². The number of aliphatic hydroxyl groups excluding tert-OH is 1. The average molecular weight is 297 g/mol. The summed E-state index contributed by atoms with van der Waals surface area (Å²) in [4.78, 5) is -0.581. The number of benzene rings is 1. The van der Waals surface area contributed by atoms with Crippen LogP contribution in [0.1, 0.15) is 6.92 Å². The lowest BCUT2D eigenvalue weighted by molar-refractivity contribution is 0.256. The van der Waals surface area contributed by atoms with E-state index in [0.29, 0.717) is 0 Å². The molecule has 0 heterocycles. The van der Waals surface area contributed by atoms with Crippen LogP contribution in [0.4, 0.5) is 10.1 Å². The van der Waals surface area contributed by atoms with E-state index in [-0.39, 0.29) is 30.4 Å². The first-order chi connectivity index (χ1) is 8.34. The molecule has 0 bridgehead atoms. The molecule has 5 nitrogen and oxygen atoms in total. The minimum atomic E-state index is -4.06. The molecule has 0 radical (unpaired) electrons. The lowest BCUT2D eigenvalue weighted by Crippen LogP contribution is -2.34. The Kier molecular flexibility index (Phi) is 4.92. The van der Waals surface area contributed by atoms with Crippen molar-refractivity contribution in [1.29, 1.82) is 0 Å². The highest BCUT2D eigenvalue weighted by Gasteiger charge is 2.27. The molecule has 0 saturated carbocycles. The monoisotopic (exact) mass is 296 g/mol. The second kappa shape index (κ2) is 5.83. The van der Waals surface area contributed by atoms with E-state index in [1.807, 2.05) is 0 Å². The molecule has 102 valence electrons. The van der Waals surface area contributed by atoms with E-state index < -0.39 is 20.7 Å². The molecule has 0 aromatic heterocycles. The highest BCUT2D eigenvalue weighted by molar-refractivity contribution is 7.89. The van der Waals surface area contributed by atoms with Gasteiger partial charge >= 0.3 is 0 Å². The third-order valence-electron chi connectivity index (χ3n) is 2.34. The van der Waals surface area contributed by atoms with Crippen molar-refractivity contribution in [3.05, 3.63) is 23.0 Å². The van der Waals surface area contributed by atoms with Crippen molar-refractivity contribution in [3.8, 4) is 0 Å². The van der Waals surface area contributed by atoms with Gasteiger partial charge in [0.1, 0.15) is 4.90 Å². The first-order valence-corrected chi connectivity index (χ1v) is 7.02. The fraction of sp³-hybridized carbons (Fsp3) is 0.400. The predicted molar refractivity (Wildman–Crippen MR) is 67.3 cm³/mol. The Balaban J connectivity index is 3.36. The van der Waals surface area contributed by atoms with Gasteiger partial charge in [0.25, 0.3) is 0 Å². The van der Waals surface area contributed by atoms with Gasteiger partial charge in [-0.1, -0.05) is 18.5 Å². The van der Waals surface area contributed by atoms with Gasteiger partial charge in [0.15, 0.2) is 5.82 Å². The molecule has 0 aliphatic carbocycles. The van der Waals surface area contributed by atoms with Crippen molar-refractivity contribution >= 4 is 27.3 Å². The summed E-state index contributed by atoms with van der Waals surface area (Å²) in [5.41, 5.74) is 5.51. The first kappa shape index (κ1) is 15.2. The summed E-state index contributed by atoms with van der Waals surface area (Å²) < 4.78 is 39.0. The molecule has 0 atom stereocenters. The van der Waals surface area contributed by atoms with Crippen molar-refractivity contribution in [2.45, 2.75) is 11.8 Å². The molecule has 0 spiro atoms. The van der Waals surface area contributed by atoms with E-state index in [9.17, 15) is 12.8 Å². The summed E-state index contributed by atoms with van der Waals surface area (Å²) in [5.74, 6) is -1.04. The Hall–Kier alpha value is -0.890. The molecule has 3 N–H and O–H groups in total. The minimum absolute atomic E-state index is 0.0556. The number of aliphatic hydroxyl groups is 1. The zero-order chi connectivity index (χ0) is 13.9. The maximum atomic E-state index is 13.8. The number of sulfonamides is 1. The molecular formula is C10H14ClFN2O3S. The zero-order valence-corrected chi connectivity index (χ0v) is 11.3. The molecular weight excluding hydrogens is 283 g/mol. The van der Waals surface area contributed by atoms with Crippen LogP contribution in [-0.2, 0) is 10.0 Å². The van der Waals surface area contributed by atoms with E-state index in [1.54, 1.807) is 6.92 Å². The van der Waals surface area contributed by atoms with Crippen LogP contribution in [0.15, 0.2) is 17.0 Å². The number of hydrogen-bond acceptors (Lipinski definition) is 4. The topological polar surface area (TPSA) is 83.6 Å². The summed E-state index contributed by atoms with van der Waals surface area (Å²) in [5, 5.41) is 8.45. The lowest BCUT2D eigenvalue weighted by atomic mass is 10.3. The molecule has 1 rings (SSSR count). The third-order valence-corrected chi connectivity index (χ3v) is 4.59. The van der Waals surface area contributed by atoms with Gasteiger partial charge in [-0.3, -0.25) is 0 Å². The predicted octanol–water partition coefficient (Wildman–Crippen LogP) is 1.06. The molecule has 0 saturated heterocycles.